The fourth-order valence-corrected chi connectivity index (χ4v) is 5.94. The largest absolute Gasteiger partial charge is 0.463 e. The summed E-state index contributed by atoms with van der Waals surface area (Å²) in [6.45, 7) is 18.2. The summed E-state index contributed by atoms with van der Waals surface area (Å²) in [7, 11) is -2.68. The number of fused-ring (bicyclic) bond motifs is 6. The summed E-state index contributed by atoms with van der Waals surface area (Å²) >= 11 is 1.44. The predicted molar refractivity (Wildman–Crippen MR) is 236 cm³/mol. The van der Waals surface area contributed by atoms with Gasteiger partial charge in [0, 0.05) is 25.2 Å². The van der Waals surface area contributed by atoms with Crippen molar-refractivity contribution >= 4 is 37.0 Å². The van der Waals surface area contributed by atoms with E-state index in [1.807, 2.05) is 96.3 Å². The maximum Gasteiger partial charge on any atom is 0.332 e. The van der Waals surface area contributed by atoms with Gasteiger partial charge in [-0.05, 0) is 64.1 Å². The number of aliphatic hydroxyl groups excluding tert-OH is 1. The molecule has 2 aliphatic carbocycles. The van der Waals surface area contributed by atoms with E-state index in [0.717, 1.165) is 0 Å². The molecule has 0 unspecified atom stereocenters. The first-order chi connectivity index (χ1) is 25.8. The van der Waals surface area contributed by atoms with Crippen molar-refractivity contribution in [3.05, 3.63) is 119 Å². The second kappa shape index (κ2) is 26.4. The highest BCUT2D eigenvalue weighted by Gasteiger charge is 2.30. The fraction of sp³-hybridized carbons (Fsp3) is 0.409. The molecule has 4 aromatic carbocycles. The Labute approximate surface area is 335 Å². The summed E-state index contributed by atoms with van der Waals surface area (Å²) in [5.74, 6) is -0.984. The molecule has 0 bridgehead atoms. The van der Waals surface area contributed by atoms with E-state index in [4.69, 9.17) is 19.1 Å². The quantitative estimate of drug-likeness (QED) is 0.130. The molecular weight excluding hydrogens is 750 g/mol. The van der Waals surface area contributed by atoms with Crippen molar-refractivity contribution in [3.8, 4) is 22.3 Å². The van der Waals surface area contributed by atoms with Crippen LogP contribution in [0, 0.1) is 0 Å². The lowest BCUT2D eigenvalue weighted by molar-refractivity contribution is -0.147. The standard InChI is InChI=1S/C18H19O4P.C16H14O3.C3H9OPS.3C2H6.CH4/c1-23(2,20)22-12-18(19)21-11-17-15-9-5-3-7-13(15)14-8-4-6-10-16(14)17;17-9-16(18)19-10-15-13-7-3-1-5-11(13)12-6-2-4-8-14(12)15;1-5(2,4)6-3;3*1-2;/h3-10,17H,11-12H2,1-2H3;1-8,15,17H,9-10H2;1-3H3;3*1-2H3;1H4. The van der Waals surface area contributed by atoms with E-state index in [0.29, 0.717) is 0 Å². The van der Waals surface area contributed by atoms with E-state index in [2.05, 4.69) is 48.5 Å². The van der Waals surface area contributed by atoms with Crippen LogP contribution in [0.25, 0.3) is 22.3 Å². The van der Waals surface area contributed by atoms with Crippen LogP contribution in [0.3, 0.4) is 0 Å². The van der Waals surface area contributed by atoms with Gasteiger partial charge < -0.3 is 23.7 Å². The smallest absolute Gasteiger partial charge is 0.332 e. The first-order valence-corrected chi connectivity index (χ1v) is 25.4. The third kappa shape index (κ3) is 16.3. The molecule has 0 radical (unpaired) electrons. The lowest BCUT2D eigenvalue weighted by Gasteiger charge is -2.14. The molecule has 304 valence electrons. The van der Waals surface area contributed by atoms with Crippen LogP contribution in [0.4, 0.5) is 0 Å². The zero-order chi connectivity index (χ0) is 40.9. The lowest BCUT2D eigenvalue weighted by atomic mass is 9.98. The van der Waals surface area contributed by atoms with Gasteiger partial charge in [0.2, 0.25) is 0 Å². The molecule has 0 saturated heterocycles. The Morgan fingerprint density at radius 1 is 0.582 bits per heavy atom. The predicted octanol–water partition coefficient (Wildman–Crippen LogP) is 11.8. The van der Waals surface area contributed by atoms with Crippen LogP contribution in [-0.4, -0.2) is 76.4 Å². The second-order valence-corrected chi connectivity index (χ2v) is 21.3. The van der Waals surface area contributed by atoms with Crippen molar-refractivity contribution in [3.63, 3.8) is 0 Å². The first kappa shape index (κ1) is 51.6. The molecule has 55 heavy (non-hydrogen) atoms. The number of carbonyl (C=O) groups excluding carboxylic acids is 2. The van der Waals surface area contributed by atoms with E-state index >= 15 is 0 Å². The molecule has 8 nitrogen and oxygen atoms in total. The zero-order valence-electron chi connectivity index (χ0n) is 33.8. The van der Waals surface area contributed by atoms with Crippen molar-refractivity contribution in [2.75, 3.05) is 59.3 Å². The molecule has 0 atom stereocenters. The number of rotatable bonds is 9. The normalized spacial score (nSPS) is 11.7. The molecule has 0 spiro atoms. The van der Waals surface area contributed by atoms with Gasteiger partial charge in [-0.3, -0.25) is 4.57 Å². The monoisotopic (exact) mass is 814 g/mol. The van der Waals surface area contributed by atoms with Crippen LogP contribution < -0.4 is 0 Å². The molecule has 0 heterocycles. The number of aliphatic hydroxyl groups is 1. The van der Waals surface area contributed by atoms with Crippen LogP contribution in [-0.2, 0) is 32.7 Å². The number of hydrogen-bond donors (Lipinski definition) is 1. The molecule has 2 aliphatic rings. The van der Waals surface area contributed by atoms with E-state index < -0.39 is 32.3 Å². The van der Waals surface area contributed by atoms with Crippen LogP contribution in [0.2, 0.25) is 0 Å². The molecule has 0 amide bonds. The summed E-state index contributed by atoms with van der Waals surface area (Å²) in [4.78, 5) is 22.9. The Bertz CT molecular complexity index is 1740. The highest BCUT2D eigenvalue weighted by Crippen LogP contribution is 2.49. The van der Waals surface area contributed by atoms with Crippen molar-refractivity contribution in [1.82, 2.24) is 0 Å². The molecule has 0 fully saturated rings. The minimum Gasteiger partial charge on any atom is -0.463 e. The van der Waals surface area contributed by atoms with Crippen molar-refractivity contribution in [2.24, 2.45) is 0 Å². The van der Waals surface area contributed by atoms with Gasteiger partial charge in [0.15, 0.2) is 14.0 Å². The number of carbonyl (C=O) groups is 2. The minimum absolute atomic E-state index is 0. The SMILES string of the molecule is C.CC.CC.CC.CP(C)(=O)OCC(=O)OCC1c2ccccc2-c2ccccc21.CSP(C)(C)=O.O=C(CO)OCC1c2ccccc2-c2ccccc21. The molecule has 4 aromatic rings. The van der Waals surface area contributed by atoms with Gasteiger partial charge in [-0.2, -0.15) is 0 Å². The minimum atomic E-state index is -2.68. The Kier molecular flexibility index (Phi) is 24.8. The average molecular weight is 815 g/mol. The second-order valence-electron chi connectivity index (χ2n) is 11.9. The molecule has 0 aliphatic heterocycles. The third-order valence-corrected chi connectivity index (χ3v) is 12.1. The van der Waals surface area contributed by atoms with Crippen LogP contribution >= 0.6 is 25.1 Å². The van der Waals surface area contributed by atoms with Gasteiger partial charge in [0.25, 0.3) is 0 Å². The van der Waals surface area contributed by atoms with Crippen molar-refractivity contribution in [2.45, 2.75) is 60.8 Å². The molecule has 0 aromatic heterocycles. The number of esters is 2. The molecule has 1 N–H and O–H groups in total. The topological polar surface area (TPSA) is 116 Å². The molecule has 6 rings (SSSR count). The van der Waals surface area contributed by atoms with Gasteiger partial charge >= 0.3 is 11.9 Å². The highest BCUT2D eigenvalue weighted by atomic mass is 32.7. The van der Waals surface area contributed by atoms with Gasteiger partial charge in [-0.25, -0.2) is 9.59 Å². The van der Waals surface area contributed by atoms with Gasteiger partial charge in [0.05, 0.1) is 0 Å². The number of ether oxygens (including phenoxy) is 2. The Morgan fingerprint density at radius 3 is 1.11 bits per heavy atom. The van der Waals surface area contributed by atoms with Crippen LogP contribution in [0.15, 0.2) is 97.1 Å². The summed E-state index contributed by atoms with van der Waals surface area (Å²) in [6, 6.07) is 32.6. The third-order valence-electron chi connectivity index (χ3n) is 7.81. The summed E-state index contributed by atoms with van der Waals surface area (Å²) in [5.41, 5.74) is 9.45. The van der Waals surface area contributed by atoms with Crippen molar-refractivity contribution < 1.29 is 37.8 Å². The highest BCUT2D eigenvalue weighted by molar-refractivity contribution is 8.57. The van der Waals surface area contributed by atoms with E-state index in [-0.39, 0.29) is 39.1 Å². The number of hydrogen-bond acceptors (Lipinski definition) is 9. The average Bonchev–Trinajstić information content (AvgIpc) is 3.70. The summed E-state index contributed by atoms with van der Waals surface area (Å²) < 4.78 is 37.5. The van der Waals surface area contributed by atoms with Crippen molar-refractivity contribution in [1.29, 1.82) is 0 Å². The van der Waals surface area contributed by atoms with E-state index in [1.54, 1.807) is 13.3 Å². The van der Waals surface area contributed by atoms with Gasteiger partial charge in [0.1, 0.15) is 26.2 Å². The summed E-state index contributed by atoms with van der Waals surface area (Å²) in [5, 5.41) is 8.72. The summed E-state index contributed by atoms with van der Waals surface area (Å²) in [6.07, 6.45) is 0.132. The van der Waals surface area contributed by atoms with Gasteiger partial charge in [-0.1, -0.05) is 146 Å². The number of benzene rings is 4. The molecular formula is C44H64O8P2S. The van der Waals surface area contributed by atoms with Crippen LogP contribution in [0.1, 0.15) is 83.1 Å². The Morgan fingerprint density at radius 2 is 0.855 bits per heavy atom. The molecule has 0 saturated carbocycles. The maximum atomic E-state index is 11.8. The fourth-order valence-electron chi connectivity index (χ4n) is 5.53. The Balaban J connectivity index is 0.000000823. The van der Waals surface area contributed by atoms with Gasteiger partial charge in [-0.15, -0.1) is 11.4 Å². The first-order valence-electron chi connectivity index (χ1n) is 18.4. The molecule has 11 heteroatoms. The Hall–Kier alpha value is -3.45. The van der Waals surface area contributed by atoms with E-state index in [1.165, 1.54) is 69.2 Å². The zero-order valence-corrected chi connectivity index (χ0v) is 36.4. The lowest BCUT2D eigenvalue weighted by Crippen LogP contribution is -2.16. The maximum absolute atomic E-state index is 11.8. The van der Waals surface area contributed by atoms with E-state index in [9.17, 15) is 18.7 Å². The van der Waals surface area contributed by atoms with Crippen LogP contribution in [0.5, 0.6) is 0 Å².